The van der Waals surface area contributed by atoms with Crippen LogP contribution in [0.25, 0.3) is 69.9 Å². The minimum Gasteiger partial charge on any atom is -0.309 e. The van der Waals surface area contributed by atoms with E-state index in [1.54, 1.807) is 0 Å². The van der Waals surface area contributed by atoms with E-state index in [2.05, 4.69) is 146 Å². The van der Waals surface area contributed by atoms with Crippen LogP contribution in [0.15, 0.2) is 127 Å². The fraction of sp³-hybridized carbons (Fsp3) is 0.0769. The topological polar surface area (TPSA) is 4.93 Å². The van der Waals surface area contributed by atoms with E-state index in [0.717, 1.165) is 0 Å². The van der Waals surface area contributed by atoms with E-state index >= 15 is 0 Å². The van der Waals surface area contributed by atoms with E-state index in [0.29, 0.717) is 0 Å². The Morgan fingerprint density at radius 3 is 2.15 bits per heavy atom. The van der Waals surface area contributed by atoms with E-state index in [1.807, 2.05) is 11.3 Å². The van der Waals surface area contributed by atoms with Crippen LogP contribution in [0.5, 0.6) is 0 Å². The second kappa shape index (κ2) is 8.19. The van der Waals surface area contributed by atoms with Crippen molar-refractivity contribution < 1.29 is 0 Å². The molecule has 2 heteroatoms. The van der Waals surface area contributed by atoms with Gasteiger partial charge in [-0.25, -0.2) is 0 Å². The zero-order chi connectivity index (χ0) is 27.3. The Morgan fingerprint density at radius 2 is 1.24 bits per heavy atom. The predicted molar refractivity (Wildman–Crippen MR) is 177 cm³/mol. The van der Waals surface area contributed by atoms with Gasteiger partial charge in [0.1, 0.15) is 0 Å². The largest absolute Gasteiger partial charge is 0.309 e. The molecule has 1 aliphatic carbocycles. The molecule has 2 aromatic heterocycles. The van der Waals surface area contributed by atoms with Crippen molar-refractivity contribution >= 4 is 53.3 Å². The molecule has 6 aromatic carbocycles. The van der Waals surface area contributed by atoms with E-state index < -0.39 is 0 Å². The molecule has 1 nitrogen and oxygen atoms in total. The quantitative estimate of drug-likeness (QED) is 0.205. The van der Waals surface area contributed by atoms with Crippen molar-refractivity contribution in [2.24, 2.45) is 0 Å². The molecule has 0 radical (unpaired) electrons. The Balaban J connectivity index is 1.32. The Hall–Kier alpha value is -4.66. The van der Waals surface area contributed by atoms with Gasteiger partial charge in [0.05, 0.1) is 11.0 Å². The van der Waals surface area contributed by atoms with Gasteiger partial charge in [-0.05, 0) is 69.8 Å². The van der Waals surface area contributed by atoms with Crippen LogP contribution in [0.1, 0.15) is 25.0 Å². The second-order valence-corrected chi connectivity index (χ2v) is 12.8. The molecule has 9 rings (SSSR count). The predicted octanol–water partition coefficient (Wildman–Crippen LogP) is 11.1. The number of rotatable bonds is 2. The van der Waals surface area contributed by atoms with E-state index in [1.165, 1.54) is 81.0 Å². The van der Waals surface area contributed by atoms with Crippen LogP contribution >= 0.6 is 11.3 Å². The van der Waals surface area contributed by atoms with Crippen molar-refractivity contribution in [3.8, 4) is 27.9 Å². The molecule has 2 heterocycles. The summed E-state index contributed by atoms with van der Waals surface area (Å²) in [6.07, 6.45) is 0. The average molecular weight is 542 g/mol. The highest BCUT2D eigenvalue weighted by Crippen LogP contribution is 2.50. The maximum atomic E-state index is 2.45. The molecule has 0 saturated carbocycles. The molecule has 0 spiro atoms. The summed E-state index contributed by atoms with van der Waals surface area (Å²) in [7, 11) is 0. The number of hydrogen-bond donors (Lipinski definition) is 0. The van der Waals surface area contributed by atoms with Crippen LogP contribution in [-0.4, -0.2) is 4.57 Å². The second-order valence-electron chi connectivity index (χ2n) is 11.8. The smallest absolute Gasteiger partial charge is 0.0555 e. The first-order valence-electron chi connectivity index (χ1n) is 14.3. The van der Waals surface area contributed by atoms with Gasteiger partial charge in [0.15, 0.2) is 0 Å². The van der Waals surface area contributed by atoms with Gasteiger partial charge in [-0.2, -0.15) is 0 Å². The van der Waals surface area contributed by atoms with Gasteiger partial charge in [-0.15, -0.1) is 11.3 Å². The molecule has 0 fully saturated rings. The lowest BCUT2D eigenvalue weighted by Gasteiger charge is -2.22. The highest BCUT2D eigenvalue weighted by atomic mass is 32.1. The molecule has 1 aliphatic rings. The lowest BCUT2D eigenvalue weighted by Crippen LogP contribution is -2.14. The SMILES string of the molecule is CC1(C)c2ccccc2-c2ccc(-c3ccc4c5c6sc7ccccc7c6ccc5n(-c5ccccc5)c4c3)cc21. The molecule has 0 amide bonds. The van der Waals surface area contributed by atoms with Gasteiger partial charge in [-0.3, -0.25) is 0 Å². The highest BCUT2D eigenvalue weighted by molar-refractivity contribution is 7.26. The van der Waals surface area contributed by atoms with Gasteiger partial charge in [0.2, 0.25) is 0 Å². The third-order valence-corrected chi connectivity index (χ3v) is 10.4. The average Bonchev–Trinajstić information content (AvgIpc) is 3.63. The Morgan fingerprint density at radius 1 is 0.537 bits per heavy atom. The minimum absolute atomic E-state index is 0.0161. The minimum atomic E-state index is -0.0161. The monoisotopic (exact) mass is 541 g/mol. The fourth-order valence-corrected chi connectivity index (χ4v) is 8.46. The van der Waals surface area contributed by atoms with Gasteiger partial charge in [0, 0.05) is 42.0 Å². The van der Waals surface area contributed by atoms with Crippen LogP contribution in [0, 0.1) is 0 Å². The zero-order valence-corrected chi connectivity index (χ0v) is 23.8. The molecular formula is C39H27NS. The van der Waals surface area contributed by atoms with Crippen LogP contribution in [0.3, 0.4) is 0 Å². The number of para-hydroxylation sites is 1. The standard InChI is InChI=1S/C39H27NS/c1-39(2)32-14-8-6-12-27(32)28-18-16-24(22-33(28)39)25-17-19-31-35(23-25)40(26-10-4-3-5-11-26)34-21-20-30-29-13-7-9-15-36(29)41-38(30)37(31)34/h3-23H,1-2H3. The Kier molecular flexibility index (Phi) is 4.61. The van der Waals surface area contributed by atoms with Gasteiger partial charge in [0.25, 0.3) is 0 Å². The van der Waals surface area contributed by atoms with Crippen molar-refractivity contribution in [2.75, 3.05) is 0 Å². The third-order valence-electron chi connectivity index (χ3n) is 9.21. The van der Waals surface area contributed by atoms with Crippen molar-refractivity contribution in [1.29, 1.82) is 0 Å². The molecule has 0 N–H and O–H groups in total. The molecule has 0 atom stereocenters. The maximum absolute atomic E-state index is 2.45. The molecule has 8 aromatic rings. The fourth-order valence-electron chi connectivity index (χ4n) is 7.20. The number of thiophene rings is 1. The lowest BCUT2D eigenvalue weighted by molar-refractivity contribution is 0.660. The number of benzene rings is 6. The molecule has 194 valence electrons. The summed E-state index contributed by atoms with van der Waals surface area (Å²) in [5.74, 6) is 0. The maximum Gasteiger partial charge on any atom is 0.0555 e. The van der Waals surface area contributed by atoms with Crippen molar-refractivity contribution in [3.63, 3.8) is 0 Å². The number of fused-ring (bicyclic) bond motifs is 10. The first-order chi connectivity index (χ1) is 20.1. The first kappa shape index (κ1) is 23.1. The molecular weight excluding hydrogens is 515 g/mol. The van der Waals surface area contributed by atoms with Crippen LogP contribution in [0.2, 0.25) is 0 Å². The van der Waals surface area contributed by atoms with E-state index in [9.17, 15) is 0 Å². The van der Waals surface area contributed by atoms with Crippen LogP contribution in [-0.2, 0) is 5.41 Å². The van der Waals surface area contributed by atoms with E-state index in [-0.39, 0.29) is 5.41 Å². The summed E-state index contributed by atoms with van der Waals surface area (Å²) in [5.41, 5.74) is 11.7. The van der Waals surface area contributed by atoms with Gasteiger partial charge in [-0.1, -0.05) is 105 Å². The molecule has 0 saturated heterocycles. The summed E-state index contributed by atoms with van der Waals surface area (Å²) in [5, 5.41) is 5.33. The molecule has 41 heavy (non-hydrogen) atoms. The van der Waals surface area contributed by atoms with Crippen molar-refractivity contribution in [3.05, 3.63) is 139 Å². The number of nitrogens with zero attached hydrogens (tertiary/aromatic N) is 1. The number of hydrogen-bond acceptors (Lipinski definition) is 1. The summed E-state index contributed by atoms with van der Waals surface area (Å²) in [4.78, 5) is 0. The summed E-state index contributed by atoms with van der Waals surface area (Å²) in [6, 6.07) is 47.2. The van der Waals surface area contributed by atoms with Crippen molar-refractivity contribution in [1.82, 2.24) is 4.57 Å². The first-order valence-corrected chi connectivity index (χ1v) is 15.1. The molecule has 0 unspecified atom stereocenters. The van der Waals surface area contributed by atoms with E-state index in [4.69, 9.17) is 0 Å². The molecule has 0 bridgehead atoms. The van der Waals surface area contributed by atoms with Gasteiger partial charge >= 0.3 is 0 Å². The molecule has 0 aliphatic heterocycles. The normalized spacial score (nSPS) is 13.8. The van der Waals surface area contributed by atoms with Gasteiger partial charge < -0.3 is 4.57 Å². The zero-order valence-electron chi connectivity index (χ0n) is 23.0. The van der Waals surface area contributed by atoms with Crippen molar-refractivity contribution in [2.45, 2.75) is 19.3 Å². The number of aromatic nitrogens is 1. The Labute approximate surface area is 242 Å². The lowest BCUT2D eigenvalue weighted by atomic mass is 9.81. The summed E-state index contributed by atoms with van der Waals surface area (Å²) in [6.45, 7) is 4.71. The summed E-state index contributed by atoms with van der Waals surface area (Å²) < 4.78 is 5.16. The van der Waals surface area contributed by atoms with Crippen LogP contribution < -0.4 is 0 Å². The highest BCUT2D eigenvalue weighted by Gasteiger charge is 2.35. The summed E-state index contributed by atoms with van der Waals surface area (Å²) >= 11 is 1.91. The Bertz CT molecular complexity index is 2330. The van der Waals surface area contributed by atoms with Crippen LogP contribution in [0.4, 0.5) is 0 Å². The third kappa shape index (κ3) is 3.11.